The molecule has 1 saturated heterocycles. The molecular weight excluding hydrogens is 238 g/mol. The van der Waals surface area contributed by atoms with Crippen molar-refractivity contribution in [1.29, 1.82) is 0 Å². The minimum absolute atomic E-state index is 0. The van der Waals surface area contributed by atoms with Gasteiger partial charge >= 0.3 is 0 Å². The molecule has 1 aliphatic heterocycles. The van der Waals surface area contributed by atoms with Crippen LogP contribution in [0, 0.1) is 0 Å². The van der Waals surface area contributed by atoms with Crippen LogP contribution in [-0.2, 0) is 4.74 Å². The van der Waals surface area contributed by atoms with Gasteiger partial charge in [0.2, 0.25) is 0 Å². The summed E-state index contributed by atoms with van der Waals surface area (Å²) >= 11 is 0. The van der Waals surface area contributed by atoms with E-state index in [2.05, 4.69) is 10.2 Å². The first-order chi connectivity index (χ1) is 7.24. The van der Waals surface area contributed by atoms with Gasteiger partial charge in [-0.15, -0.1) is 12.4 Å². The lowest BCUT2D eigenvalue weighted by molar-refractivity contribution is 0.00884. The van der Waals surface area contributed by atoms with Gasteiger partial charge in [-0.1, -0.05) is 0 Å². The van der Waals surface area contributed by atoms with E-state index in [0.29, 0.717) is 12.6 Å². The van der Waals surface area contributed by atoms with Crippen molar-refractivity contribution in [1.82, 2.24) is 10.2 Å². The largest absolute Gasteiger partial charge is 0.374 e. The molecule has 0 amide bonds. The maximum atomic E-state index is 11.8. The summed E-state index contributed by atoms with van der Waals surface area (Å²) in [6.07, 6.45) is 0.0355. The fourth-order valence-electron chi connectivity index (χ4n) is 2.01. The Morgan fingerprint density at radius 1 is 1.50 bits per heavy atom. The number of hydrogen-bond donors (Lipinski definition) is 1. The fraction of sp³-hybridized carbons (Fsp3) is 1.00. The minimum Gasteiger partial charge on any atom is -0.374 e. The summed E-state index contributed by atoms with van der Waals surface area (Å²) < 4.78 is 28.4. The molecule has 0 aromatic carbocycles. The Labute approximate surface area is 102 Å². The predicted octanol–water partition coefficient (Wildman–Crippen LogP) is 1.37. The number of ether oxygens (including phenoxy) is 1. The Bertz CT molecular complexity index is 175. The lowest BCUT2D eigenvalue weighted by Gasteiger charge is -2.23. The highest BCUT2D eigenvalue weighted by molar-refractivity contribution is 5.85. The third-order valence-electron chi connectivity index (χ3n) is 2.71. The van der Waals surface area contributed by atoms with E-state index in [1.807, 2.05) is 7.05 Å². The molecule has 0 aromatic heterocycles. The van der Waals surface area contributed by atoms with E-state index in [1.54, 1.807) is 0 Å². The van der Waals surface area contributed by atoms with Crippen LogP contribution in [0.1, 0.15) is 12.8 Å². The van der Waals surface area contributed by atoms with Crippen molar-refractivity contribution in [2.24, 2.45) is 0 Å². The molecule has 98 valence electrons. The summed E-state index contributed by atoms with van der Waals surface area (Å²) in [7, 11) is 1.93. The molecule has 16 heavy (non-hydrogen) atoms. The molecule has 1 N–H and O–H groups in total. The number of nitrogens with one attached hydrogen (secondary N) is 1. The normalized spacial score (nSPS) is 21.4. The van der Waals surface area contributed by atoms with E-state index in [4.69, 9.17) is 4.74 Å². The molecule has 0 bridgehead atoms. The van der Waals surface area contributed by atoms with Gasteiger partial charge in [-0.3, -0.25) is 4.90 Å². The highest BCUT2D eigenvalue weighted by atomic mass is 35.5. The molecule has 1 heterocycles. The molecule has 3 nitrogen and oxygen atoms in total. The first-order valence-electron chi connectivity index (χ1n) is 5.48. The average Bonchev–Trinajstić information content (AvgIpc) is 2.61. The number of rotatable bonds is 7. The third kappa shape index (κ3) is 5.94. The zero-order chi connectivity index (χ0) is 11.1. The molecule has 1 rings (SSSR count). The van der Waals surface area contributed by atoms with E-state index < -0.39 is 13.0 Å². The number of halogens is 3. The molecule has 1 atom stereocenters. The van der Waals surface area contributed by atoms with Gasteiger partial charge in [0.05, 0.1) is 6.61 Å². The summed E-state index contributed by atoms with van der Waals surface area (Å²) in [5.41, 5.74) is 0. The molecule has 0 radical (unpaired) electrons. The van der Waals surface area contributed by atoms with Gasteiger partial charge < -0.3 is 10.1 Å². The number of hydrogen-bond acceptors (Lipinski definition) is 3. The van der Waals surface area contributed by atoms with E-state index >= 15 is 0 Å². The molecule has 1 aliphatic rings. The van der Waals surface area contributed by atoms with Crippen LogP contribution in [-0.4, -0.2) is 57.3 Å². The second-order valence-electron chi connectivity index (χ2n) is 3.86. The standard InChI is InChI=1S/C10H20F2N2O.ClH/c1-13-7-9-3-2-4-14(9)5-6-15-8-10(11)12;/h9-10,13H,2-8H2,1H3;1H. The van der Waals surface area contributed by atoms with Crippen molar-refractivity contribution in [3.8, 4) is 0 Å². The number of nitrogens with zero attached hydrogens (tertiary/aromatic N) is 1. The van der Waals surface area contributed by atoms with Crippen LogP contribution in [0.25, 0.3) is 0 Å². The summed E-state index contributed by atoms with van der Waals surface area (Å²) in [5, 5.41) is 3.15. The van der Waals surface area contributed by atoms with Crippen molar-refractivity contribution in [2.75, 3.05) is 39.9 Å². The Morgan fingerprint density at radius 3 is 2.88 bits per heavy atom. The van der Waals surface area contributed by atoms with E-state index in [1.165, 1.54) is 12.8 Å². The summed E-state index contributed by atoms with van der Waals surface area (Å²) in [5.74, 6) is 0. The molecule has 1 fully saturated rings. The van der Waals surface area contributed by atoms with Crippen molar-refractivity contribution < 1.29 is 13.5 Å². The molecule has 0 aromatic rings. The number of likely N-dealkylation sites (N-methyl/N-ethyl adjacent to an activating group) is 1. The first-order valence-corrected chi connectivity index (χ1v) is 5.48. The highest BCUT2D eigenvalue weighted by Gasteiger charge is 2.22. The number of alkyl halides is 2. The van der Waals surface area contributed by atoms with Crippen LogP contribution >= 0.6 is 12.4 Å². The summed E-state index contributed by atoms with van der Waals surface area (Å²) in [4.78, 5) is 2.31. The van der Waals surface area contributed by atoms with Gasteiger partial charge in [-0.05, 0) is 26.4 Å². The van der Waals surface area contributed by atoms with Gasteiger partial charge in [-0.25, -0.2) is 8.78 Å². The predicted molar refractivity (Wildman–Crippen MR) is 62.6 cm³/mol. The quantitative estimate of drug-likeness (QED) is 0.698. The molecule has 0 saturated carbocycles. The second-order valence-corrected chi connectivity index (χ2v) is 3.86. The highest BCUT2D eigenvalue weighted by Crippen LogP contribution is 2.15. The fourth-order valence-corrected chi connectivity index (χ4v) is 2.01. The lowest BCUT2D eigenvalue weighted by Crippen LogP contribution is -2.38. The van der Waals surface area contributed by atoms with Crippen molar-refractivity contribution in [2.45, 2.75) is 25.3 Å². The van der Waals surface area contributed by atoms with E-state index in [-0.39, 0.29) is 12.4 Å². The van der Waals surface area contributed by atoms with Crippen molar-refractivity contribution in [3.05, 3.63) is 0 Å². The van der Waals surface area contributed by atoms with Crippen molar-refractivity contribution >= 4 is 12.4 Å². The maximum absolute atomic E-state index is 11.8. The van der Waals surface area contributed by atoms with Gasteiger partial charge in [0.1, 0.15) is 6.61 Å². The van der Waals surface area contributed by atoms with Crippen LogP contribution in [0.3, 0.4) is 0 Å². The van der Waals surface area contributed by atoms with E-state index in [9.17, 15) is 8.78 Å². The van der Waals surface area contributed by atoms with Gasteiger partial charge in [0.15, 0.2) is 0 Å². The maximum Gasteiger partial charge on any atom is 0.261 e. The van der Waals surface area contributed by atoms with Crippen LogP contribution < -0.4 is 5.32 Å². The summed E-state index contributed by atoms with van der Waals surface area (Å²) in [6.45, 7) is 2.76. The topological polar surface area (TPSA) is 24.5 Å². The van der Waals surface area contributed by atoms with Crippen LogP contribution in [0.4, 0.5) is 8.78 Å². The molecule has 0 aliphatic carbocycles. The SMILES string of the molecule is CNCC1CCCN1CCOCC(F)F.Cl. The first kappa shape index (κ1) is 16.0. The lowest BCUT2D eigenvalue weighted by atomic mass is 10.2. The smallest absolute Gasteiger partial charge is 0.261 e. The van der Waals surface area contributed by atoms with Crippen LogP contribution in [0.2, 0.25) is 0 Å². The Balaban J connectivity index is 0.00000225. The minimum atomic E-state index is -2.35. The molecule has 6 heteroatoms. The third-order valence-corrected chi connectivity index (χ3v) is 2.71. The Kier molecular flexibility index (Phi) is 9.12. The second kappa shape index (κ2) is 9.10. The molecular formula is C10H21ClF2N2O. The zero-order valence-electron chi connectivity index (χ0n) is 9.62. The monoisotopic (exact) mass is 258 g/mol. The van der Waals surface area contributed by atoms with Crippen molar-refractivity contribution in [3.63, 3.8) is 0 Å². The number of likely N-dealkylation sites (tertiary alicyclic amines) is 1. The van der Waals surface area contributed by atoms with Gasteiger partial charge in [-0.2, -0.15) is 0 Å². The average molecular weight is 259 g/mol. The van der Waals surface area contributed by atoms with Crippen LogP contribution in [0.15, 0.2) is 0 Å². The van der Waals surface area contributed by atoms with Gasteiger partial charge in [0, 0.05) is 19.1 Å². The van der Waals surface area contributed by atoms with Gasteiger partial charge in [0.25, 0.3) is 6.43 Å². The molecule has 0 spiro atoms. The zero-order valence-corrected chi connectivity index (χ0v) is 10.4. The summed E-state index contributed by atoms with van der Waals surface area (Å²) in [6, 6.07) is 0.546. The molecule has 1 unspecified atom stereocenters. The Hall–Kier alpha value is 0.0300. The Morgan fingerprint density at radius 2 is 2.25 bits per heavy atom. The van der Waals surface area contributed by atoms with Crippen LogP contribution in [0.5, 0.6) is 0 Å². The van der Waals surface area contributed by atoms with E-state index in [0.717, 1.165) is 19.6 Å².